The number of unbranched alkanes of at least 4 members (excludes halogenated alkanes) is 2. The second-order valence-corrected chi connectivity index (χ2v) is 11.9. The molecule has 5 atom stereocenters. The highest BCUT2D eigenvalue weighted by molar-refractivity contribution is 5.96. The molecule has 0 aliphatic heterocycles. The second kappa shape index (κ2) is 24.4. The number of guanidine groups is 2. The molecule has 49 heavy (non-hydrogen) atoms. The summed E-state index contributed by atoms with van der Waals surface area (Å²) in [4.78, 5) is 76.8. The average molecular weight is 700 g/mol. The van der Waals surface area contributed by atoms with Crippen LogP contribution in [0, 0.1) is 16.7 Å². The molecule has 0 aromatic heterocycles. The third-order valence-electron chi connectivity index (χ3n) is 7.22. The van der Waals surface area contributed by atoms with Crippen LogP contribution < -0.4 is 60.2 Å². The molecular formula is C29H57N13O7. The first-order valence-electron chi connectivity index (χ1n) is 16.3. The zero-order chi connectivity index (χ0) is 37.5. The van der Waals surface area contributed by atoms with Gasteiger partial charge in [0, 0.05) is 20.0 Å². The normalized spacial score (nSPS) is 13.8. The van der Waals surface area contributed by atoms with Gasteiger partial charge < -0.3 is 65.3 Å². The Morgan fingerprint density at radius 1 is 0.612 bits per heavy atom. The first kappa shape index (κ1) is 44.3. The van der Waals surface area contributed by atoms with Gasteiger partial charge in [0.1, 0.15) is 30.2 Å². The molecule has 6 amide bonds. The van der Waals surface area contributed by atoms with Gasteiger partial charge in [-0.15, -0.1) is 0 Å². The lowest BCUT2D eigenvalue weighted by molar-refractivity contribution is -0.136. The van der Waals surface area contributed by atoms with Gasteiger partial charge in [0.05, 0.1) is 6.61 Å². The third kappa shape index (κ3) is 19.6. The molecule has 0 aromatic rings. The topological polar surface area (TPSA) is 359 Å². The summed E-state index contributed by atoms with van der Waals surface area (Å²) >= 11 is 0. The molecule has 20 nitrogen and oxygen atoms in total. The van der Waals surface area contributed by atoms with Gasteiger partial charge in [-0.3, -0.25) is 39.6 Å². The van der Waals surface area contributed by atoms with Gasteiger partial charge in [-0.2, -0.15) is 0 Å². The van der Waals surface area contributed by atoms with Crippen LogP contribution in [0.5, 0.6) is 0 Å². The van der Waals surface area contributed by atoms with E-state index >= 15 is 0 Å². The third-order valence-corrected chi connectivity index (χ3v) is 7.22. The minimum atomic E-state index is -1.47. The molecule has 0 saturated carbocycles. The lowest BCUT2D eigenvalue weighted by Gasteiger charge is -2.27. The van der Waals surface area contributed by atoms with Gasteiger partial charge in [0.25, 0.3) is 0 Å². The van der Waals surface area contributed by atoms with E-state index in [4.69, 9.17) is 33.8 Å². The Bertz CT molecular complexity index is 1120. The summed E-state index contributed by atoms with van der Waals surface area (Å²) in [5.41, 5.74) is 21.7. The Labute approximate surface area is 286 Å². The standard InChI is InChI=1S/C29H57N13O7/c1-16(2)22(38-17(3)44)27(49)42-21(15-43)26(48)41-19(9-5-4-6-12-30)25(47)40-20(11-8-14-37-29(34)35)24(46)39-18(23(31)45)10-7-13-36-28(32)33/h16,18-22,43H,4-15,30H2,1-3H3,(H2,31,45)(H,38,44)(H,39,46)(H,40,47)(H,41,48)(H,42,49)(H4,32,33,36)(H4,34,35,37)/t18-,19-,20-,21-,22-/m0/s1. The van der Waals surface area contributed by atoms with Crippen LogP contribution in [0.2, 0.25) is 0 Å². The maximum absolute atomic E-state index is 13.6. The lowest BCUT2D eigenvalue weighted by Crippen LogP contribution is -2.60. The number of rotatable bonds is 25. The van der Waals surface area contributed by atoms with Crippen LogP contribution in [-0.4, -0.2) is 109 Å². The zero-order valence-electron chi connectivity index (χ0n) is 28.7. The van der Waals surface area contributed by atoms with E-state index in [1.54, 1.807) is 13.8 Å². The van der Waals surface area contributed by atoms with Crippen molar-refractivity contribution in [3.05, 3.63) is 0 Å². The van der Waals surface area contributed by atoms with E-state index in [-0.39, 0.29) is 56.6 Å². The van der Waals surface area contributed by atoms with E-state index in [1.165, 1.54) is 6.92 Å². The van der Waals surface area contributed by atoms with Crippen molar-refractivity contribution in [1.82, 2.24) is 37.2 Å². The van der Waals surface area contributed by atoms with E-state index in [0.29, 0.717) is 32.2 Å². The molecule has 20 heteroatoms. The quantitative estimate of drug-likeness (QED) is 0.0244. The Morgan fingerprint density at radius 2 is 1.04 bits per heavy atom. The van der Waals surface area contributed by atoms with Crippen molar-refractivity contribution in [3.63, 3.8) is 0 Å². The first-order chi connectivity index (χ1) is 23.0. The predicted octanol–water partition coefficient (Wildman–Crippen LogP) is -4.39. The Hall–Kier alpha value is -4.72. The van der Waals surface area contributed by atoms with Crippen LogP contribution >= 0.6 is 0 Å². The van der Waals surface area contributed by atoms with Crippen LogP contribution in [0.25, 0.3) is 0 Å². The maximum atomic E-state index is 13.6. The molecule has 0 aliphatic rings. The largest absolute Gasteiger partial charge is 0.394 e. The van der Waals surface area contributed by atoms with E-state index in [9.17, 15) is 33.9 Å². The molecule has 0 aliphatic carbocycles. The van der Waals surface area contributed by atoms with Crippen molar-refractivity contribution < 1.29 is 33.9 Å². The predicted molar refractivity (Wildman–Crippen MR) is 182 cm³/mol. The highest BCUT2D eigenvalue weighted by atomic mass is 16.3. The highest BCUT2D eigenvalue weighted by Gasteiger charge is 2.32. The van der Waals surface area contributed by atoms with Crippen molar-refractivity contribution in [2.24, 2.45) is 28.9 Å². The number of aliphatic hydroxyl groups excluding tert-OH is 1. The molecule has 0 heterocycles. The number of nitrogens with one attached hydrogen (secondary N) is 9. The first-order valence-corrected chi connectivity index (χ1v) is 16.3. The number of aliphatic hydroxyl groups is 1. The van der Waals surface area contributed by atoms with E-state index in [0.717, 1.165) is 0 Å². The number of hydrogen-bond acceptors (Lipinski definition) is 10. The van der Waals surface area contributed by atoms with Gasteiger partial charge in [-0.1, -0.05) is 26.7 Å². The summed E-state index contributed by atoms with van der Waals surface area (Å²) in [7, 11) is 0. The lowest BCUT2D eigenvalue weighted by atomic mass is 10.0. The average Bonchev–Trinajstić information content (AvgIpc) is 3.01. The van der Waals surface area contributed by atoms with Crippen LogP contribution in [0.15, 0.2) is 0 Å². The van der Waals surface area contributed by atoms with Crippen LogP contribution in [0.3, 0.4) is 0 Å². The van der Waals surface area contributed by atoms with Crippen LogP contribution in [0.1, 0.15) is 72.1 Å². The summed E-state index contributed by atoms with van der Waals surface area (Å²) in [6, 6.07) is -5.97. The fourth-order valence-electron chi connectivity index (χ4n) is 4.58. The van der Waals surface area contributed by atoms with Crippen LogP contribution in [-0.2, 0) is 28.8 Å². The molecule has 18 N–H and O–H groups in total. The summed E-state index contributed by atoms with van der Waals surface area (Å²) in [5.74, 6) is -5.23. The molecule has 0 radical (unpaired) electrons. The fourth-order valence-corrected chi connectivity index (χ4v) is 4.58. The number of nitrogens with two attached hydrogens (primary N) is 4. The van der Waals surface area contributed by atoms with Crippen molar-refractivity contribution in [1.29, 1.82) is 10.8 Å². The summed E-state index contributed by atoms with van der Waals surface area (Å²) < 4.78 is 0. The summed E-state index contributed by atoms with van der Waals surface area (Å²) in [6.45, 7) is 4.66. The van der Waals surface area contributed by atoms with Crippen molar-refractivity contribution in [2.45, 2.75) is 102 Å². The molecule has 0 bridgehead atoms. The number of hydrogen-bond donors (Lipinski definition) is 14. The molecule has 0 saturated heterocycles. The number of amides is 6. The summed E-state index contributed by atoms with van der Waals surface area (Å²) in [6.07, 6.45) is 2.61. The van der Waals surface area contributed by atoms with Gasteiger partial charge in [0.2, 0.25) is 35.4 Å². The minimum Gasteiger partial charge on any atom is -0.394 e. The fraction of sp³-hybridized carbons (Fsp3) is 0.724. The smallest absolute Gasteiger partial charge is 0.245 e. The molecule has 0 unspecified atom stereocenters. The molecule has 0 rings (SSSR count). The van der Waals surface area contributed by atoms with Gasteiger partial charge in [0.15, 0.2) is 11.9 Å². The number of carbonyl (C=O) groups excluding carboxylic acids is 6. The molecule has 0 aromatic carbocycles. The molecule has 280 valence electrons. The van der Waals surface area contributed by atoms with Gasteiger partial charge in [-0.25, -0.2) is 0 Å². The van der Waals surface area contributed by atoms with Crippen molar-refractivity contribution in [3.8, 4) is 0 Å². The van der Waals surface area contributed by atoms with Gasteiger partial charge in [-0.05, 0) is 51.0 Å². The maximum Gasteiger partial charge on any atom is 0.245 e. The van der Waals surface area contributed by atoms with E-state index < -0.39 is 72.3 Å². The zero-order valence-corrected chi connectivity index (χ0v) is 28.7. The number of primary amides is 1. The van der Waals surface area contributed by atoms with Crippen LogP contribution in [0.4, 0.5) is 0 Å². The molecular weight excluding hydrogens is 642 g/mol. The van der Waals surface area contributed by atoms with E-state index in [1.807, 2.05) is 0 Å². The highest BCUT2D eigenvalue weighted by Crippen LogP contribution is 2.08. The van der Waals surface area contributed by atoms with Crippen molar-refractivity contribution in [2.75, 3.05) is 26.2 Å². The van der Waals surface area contributed by atoms with E-state index in [2.05, 4.69) is 37.2 Å². The molecule has 0 spiro atoms. The Balaban J connectivity index is 6.00. The minimum absolute atomic E-state index is 0.0398. The molecule has 0 fully saturated rings. The Kier molecular flexibility index (Phi) is 22.1. The SMILES string of the molecule is CC(=O)N[C@H](C(=O)N[C@@H](CO)C(=O)N[C@@H](CCCCCN)C(=O)N[C@@H](CCCNC(=N)N)C(=O)N[C@@H](CCCNC(=N)N)C(N)=O)C(C)C. The van der Waals surface area contributed by atoms with Crippen molar-refractivity contribution >= 4 is 47.4 Å². The summed E-state index contributed by atoms with van der Waals surface area (Å²) in [5, 5.41) is 42.3. The van der Waals surface area contributed by atoms with Gasteiger partial charge >= 0.3 is 0 Å². The number of carbonyl (C=O) groups is 6. The second-order valence-electron chi connectivity index (χ2n) is 11.9. The Morgan fingerprint density at radius 3 is 1.45 bits per heavy atom. The monoisotopic (exact) mass is 699 g/mol.